The summed E-state index contributed by atoms with van der Waals surface area (Å²) in [7, 11) is 0. The second-order valence-corrected chi connectivity index (χ2v) is 4.55. The Kier molecular flexibility index (Phi) is 3.31. The maximum absolute atomic E-state index is 11.7. The van der Waals surface area contributed by atoms with Crippen molar-refractivity contribution in [1.29, 1.82) is 0 Å². The summed E-state index contributed by atoms with van der Waals surface area (Å²) in [6.07, 6.45) is 6.87. The third-order valence-electron chi connectivity index (χ3n) is 2.78. The molecule has 0 saturated heterocycles. The first-order valence-corrected chi connectivity index (χ1v) is 5.66. The second kappa shape index (κ2) is 4.71. The van der Waals surface area contributed by atoms with Crippen LogP contribution in [0.15, 0.2) is 23.0 Å². The van der Waals surface area contributed by atoms with Gasteiger partial charge in [0.1, 0.15) is 6.26 Å². The van der Waals surface area contributed by atoms with Gasteiger partial charge in [-0.25, -0.2) is 0 Å². The Morgan fingerprint density at radius 3 is 2.73 bits per heavy atom. The van der Waals surface area contributed by atoms with Gasteiger partial charge in [0.15, 0.2) is 0 Å². The summed E-state index contributed by atoms with van der Waals surface area (Å²) in [5.41, 5.74) is 0.586. The van der Waals surface area contributed by atoms with E-state index in [0.717, 1.165) is 25.7 Å². The van der Waals surface area contributed by atoms with E-state index in [2.05, 4.69) is 5.32 Å². The van der Waals surface area contributed by atoms with Crippen molar-refractivity contribution >= 4 is 17.5 Å². The molecule has 1 heterocycles. The van der Waals surface area contributed by atoms with Crippen molar-refractivity contribution in [3.63, 3.8) is 0 Å². The first-order valence-electron chi connectivity index (χ1n) is 5.23. The summed E-state index contributed by atoms with van der Waals surface area (Å²) >= 11 is 5.99. The van der Waals surface area contributed by atoms with E-state index < -0.39 is 0 Å². The monoisotopic (exact) mass is 227 g/mol. The minimum Gasteiger partial charge on any atom is -0.472 e. The highest BCUT2D eigenvalue weighted by Crippen LogP contribution is 2.22. The maximum atomic E-state index is 11.7. The Hall–Kier alpha value is -0.960. The van der Waals surface area contributed by atoms with Gasteiger partial charge in [0.05, 0.1) is 11.8 Å². The molecule has 82 valence electrons. The van der Waals surface area contributed by atoms with E-state index >= 15 is 0 Å². The van der Waals surface area contributed by atoms with Crippen LogP contribution in [0.25, 0.3) is 0 Å². The summed E-state index contributed by atoms with van der Waals surface area (Å²) < 4.78 is 4.86. The molecule has 1 amide bonds. The van der Waals surface area contributed by atoms with Crippen LogP contribution in [0.3, 0.4) is 0 Å². The van der Waals surface area contributed by atoms with Gasteiger partial charge in [0.25, 0.3) is 5.91 Å². The zero-order valence-electron chi connectivity index (χ0n) is 8.41. The molecule has 3 nitrogen and oxygen atoms in total. The van der Waals surface area contributed by atoms with E-state index in [0.29, 0.717) is 5.56 Å². The average molecular weight is 228 g/mol. The molecule has 1 aliphatic carbocycles. The maximum Gasteiger partial charge on any atom is 0.254 e. The lowest BCUT2D eigenvalue weighted by Crippen LogP contribution is -2.37. The fraction of sp³-hybridized carbons (Fsp3) is 0.545. The van der Waals surface area contributed by atoms with E-state index in [1.54, 1.807) is 6.07 Å². The van der Waals surface area contributed by atoms with Crippen LogP contribution in [-0.4, -0.2) is 17.3 Å². The number of carbonyl (C=O) groups is 1. The molecule has 0 spiro atoms. The molecule has 0 unspecified atom stereocenters. The molecule has 0 aromatic carbocycles. The smallest absolute Gasteiger partial charge is 0.254 e. The van der Waals surface area contributed by atoms with E-state index in [-0.39, 0.29) is 17.3 Å². The molecule has 1 aromatic heterocycles. The van der Waals surface area contributed by atoms with Crippen LogP contribution in [0.4, 0.5) is 0 Å². The lowest BCUT2D eigenvalue weighted by Gasteiger charge is -2.25. The molecular formula is C11H14ClNO2. The Morgan fingerprint density at radius 2 is 2.13 bits per heavy atom. The van der Waals surface area contributed by atoms with Crippen LogP contribution in [-0.2, 0) is 0 Å². The summed E-state index contributed by atoms with van der Waals surface area (Å²) in [6.45, 7) is 0. The molecule has 1 aliphatic rings. The molecule has 1 aromatic rings. The molecule has 1 fully saturated rings. The van der Waals surface area contributed by atoms with Gasteiger partial charge in [-0.3, -0.25) is 4.79 Å². The molecular weight excluding hydrogens is 214 g/mol. The fourth-order valence-corrected chi connectivity index (χ4v) is 2.11. The van der Waals surface area contributed by atoms with Gasteiger partial charge in [-0.15, -0.1) is 11.6 Å². The second-order valence-electron chi connectivity index (χ2n) is 3.93. The number of halogens is 1. The quantitative estimate of drug-likeness (QED) is 0.789. The Balaban J connectivity index is 1.85. The minimum atomic E-state index is -0.0539. The molecule has 0 bridgehead atoms. The number of amides is 1. The molecule has 15 heavy (non-hydrogen) atoms. The van der Waals surface area contributed by atoms with Gasteiger partial charge in [0, 0.05) is 11.4 Å². The predicted octanol–water partition coefficient (Wildman–Crippen LogP) is 2.56. The van der Waals surface area contributed by atoms with Gasteiger partial charge in [0.2, 0.25) is 0 Å². The van der Waals surface area contributed by atoms with Crippen molar-refractivity contribution in [2.75, 3.05) is 0 Å². The number of hydrogen-bond acceptors (Lipinski definition) is 2. The first-order chi connectivity index (χ1) is 7.25. The van der Waals surface area contributed by atoms with Crippen molar-refractivity contribution in [2.24, 2.45) is 0 Å². The van der Waals surface area contributed by atoms with Crippen molar-refractivity contribution in [3.05, 3.63) is 24.2 Å². The molecule has 2 rings (SSSR count). The number of hydrogen-bond donors (Lipinski definition) is 1. The summed E-state index contributed by atoms with van der Waals surface area (Å²) in [6, 6.07) is 1.94. The number of nitrogens with one attached hydrogen (secondary N) is 1. The van der Waals surface area contributed by atoms with Crippen LogP contribution in [0.2, 0.25) is 0 Å². The Labute approximate surface area is 93.8 Å². The minimum absolute atomic E-state index is 0.0539. The highest BCUT2D eigenvalue weighted by atomic mass is 35.5. The van der Waals surface area contributed by atoms with Crippen LogP contribution < -0.4 is 5.32 Å². The van der Waals surface area contributed by atoms with Crippen molar-refractivity contribution in [3.8, 4) is 0 Å². The number of furan rings is 1. The van der Waals surface area contributed by atoms with Crippen molar-refractivity contribution < 1.29 is 9.21 Å². The predicted molar refractivity (Wildman–Crippen MR) is 58.1 cm³/mol. The van der Waals surface area contributed by atoms with Crippen molar-refractivity contribution in [2.45, 2.75) is 37.1 Å². The van der Waals surface area contributed by atoms with E-state index in [4.69, 9.17) is 16.0 Å². The normalized spacial score (nSPS) is 26.2. The fourth-order valence-electron chi connectivity index (χ4n) is 1.86. The summed E-state index contributed by atoms with van der Waals surface area (Å²) in [5.74, 6) is -0.0539. The number of carbonyl (C=O) groups excluding carboxylic acids is 1. The molecule has 0 aliphatic heterocycles. The van der Waals surface area contributed by atoms with Crippen LogP contribution >= 0.6 is 11.6 Å². The molecule has 1 saturated carbocycles. The zero-order chi connectivity index (χ0) is 10.7. The summed E-state index contributed by atoms with van der Waals surface area (Å²) in [4.78, 5) is 11.7. The van der Waals surface area contributed by atoms with Gasteiger partial charge in [-0.1, -0.05) is 0 Å². The lowest BCUT2D eigenvalue weighted by molar-refractivity contribution is 0.0927. The third kappa shape index (κ3) is 2.75. The van der Waals surface area contributed by atoms with Crippen LogP contribution in [0.5, 0.6) is 0 Å². The highest BCUT2D eigenvalue weighted by molar-refractivity contribution is 6.20. The third-order valence-corrected chi connectivity index (χ3v) is 3.21. The number of rotatable bonds is 2. The van der Waals surface area contributed by atoms with E-state index in [1.807, 2.05) is 0 Å². The van der Waals surface area contributed by atoms with E-state index in [1.165, 1.54) is 12.5 Å². The Bertz CT molecular complexity index is 315. The van der Waals surface area contributed by atoms with E-state index in [9.17, 15) is 4.79 Å². The van der Waals surface area contributed by atoms with Crippen molar-refractivity contribution in [1.82, 2.24) is 5.32 Å². The Morgan fingerprint density at radius 1 is 1.40 bits per heavy atom. The molecule has 0 radical (unpaired) electrons. The average Bonchev–Trinajstić information content (AvgIpc) is 2.74. The SMILES string of the molecule is O=C(NC1CCC(Cl)CC1)c1ccoc1. The van der Waals surface area contributed by atoms with Gasteiger partial charge in [-0.05, 0) is 31.7 Å². The molecule has 4 heteroatoms. The zero-order valence-corrected chi connectivity index (χ0v) is 9.17. The standard InChI is InChI=1S/C11H14ClNO2/c12-9-1-3-10(4-2-9)13-11(14)8-5-6-15-7-8/h5-7,9-10H,1-4H2,(H,13,14). The highest BCUT2D eigenvalue weighted by Gasteiger charge is 2.21. The van der Waals surface area contributed by atoms with Gasteiger partial charge < -0.3 is 9.73 Å². The largest absolute Gasteiger partial charge is 0.472 e. The molecule has 1 N–H and O–H groups in total. The number of alkyl halides is 1. The van der Waals surface area contributed by atoms with Crippen LogP contribution in [0, 0.1) is 0 Å². The lowest BCUT2D eigenvalue weighted by atomic mass is 9.95. The van der Waals surface area contributed by atoms with Gasteiger partial charge >= 0.3 is 0 Å². The van der Waals surface area contributed by atoms with Crippen LogP contribution in [0.1, 0.15) is 36.0 Å². The first kappa shape index (κ1) is 10.6. The summed E-state index contributed by atoms with van der Waals surface area (Å²) in [5, 5.41) is 3.27. The molecule has 0 atom stereocenters. The van der Waals surface area contributed by atoms with Gasteiger partial charge in [-0.2, -0.15) is 0 Å². The topological polar surface area (TPSA) is 42.2 Å².